The van der Waals surface area contributed by atoms with Crippen LogP contribution in [-0.4, -0.2) is 36.7 Å². The molecule has 0 bridgehead atoms. The number of rotatable bonds is 3. The highest BCUT2D eigenvalue weighted by molar-refractivity contribution is 5.94. The van der Waals surface area contributed by atoms with Crippen LogP contribution < -0.4 is 10.6 Å². The second kappa shape index (κ2) is 5.85. The van der Waals surface area contributed by atoms with Gasteiger partial charge in [-0.15, -0.1) is 0 Å². The molecule has 1 aliphatic rings. The first-order chi connectivity index (χ1) is 9.83. The van der Waals surface area contributed by atoms with Crippen molar-refractivity contribution >= 4 is 11.6 Å². The summed E-state index contributed by atoms with van der Waals surface area (Å²) in [5, 5.41) is 5.97. The number of carbonyl (C=O) groups excluding carboxylic acids is 1. The predicted molar refractivity (Wildman–Crippen MR) is 73.2 cm³/mol. The summed E-state index contributed by atoms with van der Waals surface area (Å²) >= 11 is 0. The van der Waals surface area contributed by atoms with Crippen molar-refractivity contribution < 1.29 is 13.9 Å². The van der Waals surface area contributed by atoms with E-state index < -0.39 is 6.10 Å². The van der Waals surface area contributed by atoms with Gasteiger partial charge in [-0.25, -0.2) is 4.98 Å². The molecule has 1 amide bonds. The maximum atomic E-state index is 12.1. The van der Waals surface area contributed by atoms with Crippen LogP contribution in [0.1, 0.15) is 0 Å². The minimum atomic E-state index is -0.447. The summed E-state index contributed by atoms with van der Waals surface area (Å²) in [6.45, 7) is 1.87. The van der Waals surface area contributed by atoms with Gasteiger partial charge in [-0.2, -0.15) is 0 Å². The van der Waals surface area contributed by atoms with Crippen LogP contribution in [0.5, 0.6) is 0 Å². The molecule has 6 heteroatoms. The fraction of sp³-hybridized carbons (Fsp3) is 0.286. The molecule has 2 N–H and O–H groups in total. The highest BCUT2D eigenvalue weighted by atomic mass is 16.5. The molecule has 0 aliphatic carbocycles. The van der Waals surface area contributed by atoms with E-state index in [1.54, 1.807) is 6.20 Å². The third-order valence-electron chi connectivity index (χ3n) is 3.07. The first kappa shape index (κ1) is 12.8. The van der Waals surface area contributed by atoms with Crippen LogP contribution in [0.3, 0.4) is 0 Å². The first-order valence-corrected chi connectivity index (χ1v) is 6.45. The van der Waals surface area contributed by atoms with E-state index in [2.05, 4.69) is 15.6 Å². The van der Waals surface area contributed by atoms with E-state index in [1.807, 2.05) is 24.3 Å². The van der Waals surface area contributed by atoms with Crippen LogP contribution in [0.4, 0.5) is 5.69 Å². The van der Waals surface area contributed by atoms with Crippen molar-refractivity contribution in [2.75, 3.05) is 25.0 Å². The van der Waals surface area contributed by atoms with E-state index in [9.17, 15) is 4.79 Å². The Morgan fingerprint density at radius 2 is 2.40 bits per heavy atom. The van der Waals surface area contributed by atoms with E-state index in [-0.39, 0.29) is 5.91 Å². The minimum Gasteiger partial charge on any atom is -0.444 e. The summed E-state index contributed by atoms with van der Waals surface area (Å²) in [7, 11) is 0. The van der Waals surface area contributed by atoms with Crippen molar-refractivity contribution in [3.63, 3.8) is 0 Å². The molecule has 2 heterocycles. The van der Waals surface area contributed by atoms with E-state index in [0.717, 1.165) is 12.1 Å². The number of benzene rings is 1. The smallest absolute Gasteiger partial charge is 0.254 e. The number of carbonyl (C=O) groups is 1. The molecule has 0 radical (unpaired) electrons. The molecule has 1 aliphatic heterocycles. The number of nitrogens with zero attached hydrogens (tertiary/aromatic N) is 1. The van der Waals surface area contributed by atoms with E-state index >= 15 is 0 Å². The molecule has 2 aromatic rings. The highest BCUT2D eigenvalue weighted by Crippen LogP contribution is 2.22. The van der Waals surface area contributed by atoms with Crippen molar-refractivity contribution in [1.82, 2.24) is 10.3 Å². The quantitative estimate of drug-likeness (QED) is 0.880. The molecule has 1 aromatic carbocycles. The molecular weight excluding hydrogens is 258 g/mol. The SMILES string of the molecule is O=C(Nc1cccc(-c2cnco2)c1)C1CNCCO1. The lowest BCUT2D eigenvalue weighted by Gasteiger charge is -2.22. The zero-order valence-corrected chi connectivity index (χ0v) is 10.8. The van der Waals surface area contributed by atoms with Gasteiger partial charge in [-0.3, -0.25) is 4.79 Å². The third-order valence-corrected chi connectivity index (χ3v) is 3.07. The molecule has 104 valence electrons. The van der Waals surface area contributed by atoms with Crippen LogP contribution in [0.2, 0.25) is 0 Å². The van der Waals surface area contributed by atoms with Gasteiger partial charge in [0.1, 0.15) is 6.10 Å². The number of aromatic nitrogens is 1. The van der Waals surface area contributed by atoms with Gasteiger partial charge >= 0.3 is 0 Å². The van der Waals surface area contributed by atoms with Crippen LogP contribution >= 0.6 is 0 Å². The van der Waals surface area contributed by atoms with E-state index in [1.165, 1.54) is 6.39 Å². The summed E-state index contributed by atoms with van der Waals surface area (Å²) in [5.41, 5.74) is 1.57. The molecule has 1 atom stereocenters. The monoisotopic (exact) mass is 273 g/mol. The Labute approximate surface area is 116 Å². The first-order valence-electron chi connectivity index (χ1n) is 6.45. The number of nitrogens with one attached hydrogen (secondary N) is 2. The topological polar surface area (TPSA) is 76.4 Å². The second-order valence-electron chi connectivity index (χ2n) is 4.50. The van der Waals surface area contributed by atoms with Crippen molar-refractivity contribution in [3.8, 4) is 11.3 Å². The highest BCUT2D eigenvalue weighted by Gasteiger charge is 2.21. The number of hydrogen-bond acceptors (Lipinski definition) is 5. The number of ether oxygens (including phenoxy) is 1. The van der Waals surface area contributed by atoms with E-state index in [4.69, 9.17) is 9.15 Å². The van der Waals surface area contributed by atoms with Gasteiger partial charge < -0.3 is 19.8 Å². The van der Waals surface area contributed by atoms with Gasteiger partial charge in [0.05, 0.1) is 12.8 Å². The average Bonchev–Trinajstić information content (AvgIpc) is 3.03. The zero-order valence-electron chi connectivity index (χ0n) is 10.8. The summed E-state index contributed by atoms with van der Waals surface area (Å²) < 4.78 is 10.6. The number of oxazole rings is 1. The van der Waals surface area contributed by atoms with Gasteiger partial charge in [-0.1, -0.05) is 12.1 Å². The molecular formula is C14H15N3O3. The Balaban J connectivity index is 1.71. The fourth-order valence-electron chi connectivity index (χ4n) is 2.07. The normalized spacial score (nSPS) is 18.7. The Kier molecular flexibility index (Phi) is 3.76. The second-order valence-corrected chi connectivity index (χ2v) is 4.50. The molecule has 1 unspecified atom stereocenters. The van der Waals surface area contributed by atoms with Crippen LogP contribution in [-0.2, 0) is 9.53 Å². The Hall–Kier alpha value is -2.18. The minimum absolute atomic E-state index is 0.146. The fourth-order valence-corrected chi connectivity index (χ4v) is 2.07. The summed E-state index contributed by atoms with van der Waals surface area (Å²) in [5.74, 6) is 0.517. The number of anilines is 1. The number of amides is 1. The maximum Gasteiger partial charge on any atom is 0.254 e. The Bertz CT molecular complexity index is 577. The summed E-state index contributed by atoms with van der Waals surface area (Å²) in [6.07, 6.45) is 2.56. The van der Waals surface area contributed by atoms with Gasteiger partial charge in [0.15, 0.2) is 12.2 Å². The van der Waals surface area contributed by atoms with Gasteiger partial charge in [0, 0.05) is 24.3 Å². The van der Waals surface area contributed by atoms with Gasteiger partial charge in [-0.05, 0) is 12.1 Å². The maximum absolute atomic E-state index is 12.1. The van der Waals surface area contributed by atoms with E-state index in [0.29, 0.717) is 24.6 Å². The molecule has 1 aromatic heterocycles. The Morgan fingerprint density at radius 1 is 1.45 bits per heavy atom. The van der Waals surface area contributed by atoms with Gasteiger partial charge in [0.2, 0.25) is 0 Å². The lowest BCUT2D eigenvalue weighted by atomic mass is 10.1. The molecule has 1 saturated heterocycles. The number of morpholine rings is 1. The average molecular weight is 273 g/mol. The van der Waals surface area contributed by atoms with Crippen LogP contribution in [0, 0.1) is 0 Å². The lowest BCUT2D eigenvalue weighted by molar-refractivity contribution is -0.128. The zero-order chi connectivity index (χ0) is 13.8. The van der Waals surface area contributed by atoms with Crippen molar-refractivity contribution in [3.05, 3.63) is 36.9 Å². The largest absolute Gasteiger partial charge is 0.444 e. The molecule has 0 spiro atoms. The number of hydrogen-bond donors (Lipinski definition) is 2. The molecule has 3 rings (SSSR count). The van der Waals surface area contributed by atoms with Crippen molar-refractivity contribution in [2.45, 2.75) is 6.10 Å². The van der Waals surface area contributed by atoms with Crippen molar-refractivity contribution in [2.24, 2.45) is 0 Å². The summed E-state index contributed by atoms with van der Waals surface area (Å²) in [6, 6.07) is 7.42. The molecule has 1 fully saturated rings. The third kappa shape index (κ3) is 2.87. The predicted octanol–water partition coefficient (Wildman–Crippen LogP) is 1.27. The molecule has 6 nitrogen and oxygen atoms in total. The standard InChI is InChI=1S/C14H15N3O3/c18-14(13-8-15-4-5-19-13)17-11-3-1-2-10(6-11)12-7-16-9-20-12/h1-3,6-7,9,13,15H,4-5,8H2,(H,17,18). The lowest BCUT2D eigenvalue weighted by Crippen LogP contribution is -2.45. The van der Waals surface area contributed by atoms with Crippen LogP contribution in [0.25, 0.3) is 11.3 Å². The van der Waals surface area contributed by atoms with Crippen LogP contribution in [0.15, 0.2) is 41.3 Å². The molecule has 20 heavy (non-hydrogen) atoms. The Morgan fingerprint density at radius 3 is 3.15 bits per heavy atom. The molecule has 0 saturated carbocycles. The van der Waals surface area contributed by atoms with Gasteiger partial charge in [0.25, 0.3) is 5.91 Å². The van der Waals surface area contributed by atoms with Crippen molar-refractivity contribution in [1.29, 1.82) is 0 Å². The summed E-state index contributed by atoms with van der Waals surface area (Å²) in [4.78, 5) is 15.9.